The highest BCUT2D eigenvalue weighted by atomic mass is 16.2. The molecule has 0 unspecified atom stereocenters. The molecule has 5 nitrogen and oxygen atoms in total. The molecule has 5 heteroatoms. The molecule has 26 heavy (non-hydrogen) atoms. The molecule has 0 aromatic heterocycles. The zero-order chi connectivity index (χ0) is 18.9. The highest BCUT2D eigenvalue weighted by molar-refractivity contribution is 5.92. The van der Waals surface area contributed by atoms with Gasteiger partial charge in [0.1, 0.15) is 0 Å². The fraction of sp³-hybridized carbons (Fsp3) is 0.333. The van der Waals surface area contributed by atoms with E-state index in [0.29, 0.717) is 6.54 Å². The van der Waals surface area contributed by atoms with E-state index in [1.165, 1.54) is 5.56 Å². The molecule has 2 aromatic rings. The number of hydrogen-bond donors (Lipinski definition) is 2. The standard InChI is InChI=1S/C21H27N3O2/c1-16-9-11-19(12-10-16)23-21(26)15-24(3)14-20(25)22-13-17(2)18-7-5-4-6-8-18/h4-12,17H,13-15H2,1-3H3,(H,22,25)(H,23,26)/t17-/m1/s1. The van der Waals surface area contributed by atoms with Gasteiger partial charge in [-0.15, -0.1) is 0 Å². The van der Waals surface area contributed by atoms with Gasteiger partial charge < -0.3 is 10.6 Å². The minimum absolute atomic E-state index is 0.0848. The van der Waals surface area contributed by atoms with Crippen molar-refractivity contribution in [3.63, 3.8) is 0 Å². The lowest BCUT2D eigenvalue weighted by Gasteiger charge is -2.17. The summed E-state index contributed by atoms with van der Waals surface area (Å²) >= 11 is 0. The monoisotopic (exact) mass is 353 g/mol. The van der Waals surface area contributed by atoms with Crippen LogP contribution in [0.25, 0.3) is 0 Å². The molecule has 138 valence electrons. The highest BCUT2D eigenvalue weighted by Crippen LogP contribution is 2.13. The number of aryl methyl sites for hydroxylation is 1. The quantitative estimate of drug-likeness (QED) is 0.767. The number of nitrogens with zero attached hydrogens (tertiary/aromatic N) is 1. The van der Waals surface area contributed by atoms with Crippen LogP contribution in [0.2, 0.25) is 0 Å². The van der Waals surface area contributed by atoms with Gasteiger partial charge in [-0.25, -0.2) is 0 Å². The predicted octanol–water partition coefficient (Wildman–Crippen LogP) is 2.79. The second kappa shape index (κ2) is 9.73. The Labute approximate surface area is 155 Å². The van der Waals surface area contributed by atoms with Crippen LogP contribution < -0.4 is 10.6 Å². The molecule has 0 radical (unpaired) electrons. The van der Waals surface area contributed by atoms with Gasteiger partial charge in [-0.3, -0.25) is 14.5 Å². The maximum absolute atomic E-state index is 12.1. The van der Waals surface area contributed by atoms with Gasteiger partial charge in [0.2, 0.25) is 11.8 Å². The molecule has 0 spiro atoms. The minimum atomic E-state index is -0.137. The Morgan fingerprint density at radius 1 is 0.962 bits per heavy atom. The number of anilines is 1. The molecule has 0 saturated carbocycles. The maximum Gasteiger partial charge on any atom is 0.238 e. The molecule has 0 bridgehead atoms. The van der Waals surface area contributed by atoms with Crippen LogP contribution in [0.4, 0.5) is 5.69 Å². The van der Waals surface area contributed by atoms with E-state index in [1.807, 2.05) is 49.4 Å². The van der Waals surface area contributed by atoms with Crippen molar-refractivity contribution in [3.8, 4) is 0 Å². The van der Waals surface area contributed by atoms with Crippen LogP contribution in [0.15, 0.2) is 54.6 Å². The van der Waals surface area contributed by atoms with Crippen molar-refractivity contribution < 1.29 is 9.59 Å². The van der Waals surface area contributed by atoms with E-state index < -0.39 is 0 Å². The SMILES string of the molecule is Cc1ccc(NC(=O)CN(C)CC(=O)NC[C@@H](C)c2ccccc2)cc1. The van der Waals surface area contributed by atoms with Crippen LogP contribution in [0.1, 0.15) is 24.0 Å². The lowest BCUT2D eigenvalue weighted by Crippen LogP contribution is -2.39. The zero-order valence-electron chi connectivity index (χ0n) is 15.7. The molecule has 0 heterocycles. The van der Waals surface area contributed by atoms with E-state index in [4.69, 9.17) is 0 Å². The van der Waals surface area contributed by atoms with Crippen LogP contribution in [-0.4, -0.2) is 43.4 Å². The first-order chi connectivity index (χ1) is 12.4. The van der Waals surface area contributed by atoms with Gasteiger partial charge in [0.15, 0.2) is 0 Å². The van der Waals surface area contributed by atoms with Crippen LogP contribution in [0.3, 0.4) is 0 Å². The summed E-state index contributed by atoms with van der Waals surface area (Å²) in [7, 11) is 1.76. The lowest BCUT2D eigenvalue weighted by atomic mass is 10.0. The maximum atomic E-state index is 12.1. The van der Waals surface area contributed by atoms with E-state index in [0.717, 1.165) is 11.3 Å². The second-order valence-corrected chi connectivity index (χ2v) is 6.70. The van der Waals surface area contributed by atoms with Gasteiger partial charge in [0.25, 0.3) is 0 Å². The summed E-state index contributed by atoms with van der Waals surface area (Å²) in [6.45, 7) is 5.00. The van der Waals surface area contributed by atoms with E-state index >= 15 is 0 Å². The molecule has 2 rings (SSSR count). The summed E-state index contributed by atoms with van der Waals surface area (Å²) in [6, 6.07) is 17.7. The van der Waals surface area contributed by atoms with Gasteiger partial charge in [0.05, 0.1) is 13.1 Å². The third-order valence-corrected chi connectivity index (χ3v) is 4.14. The summed E-state index contributed by atoms with van der Waals surface area (Å²) in [5.74, 6) is 0.0236. The van der Waals surface area contributed by atoms with E-state index in [9.17, 15) is 9.59 Å². The Balaban J connectivity index is 1.71. The number of amides is 2. The molecular weight excluding hydrogens is 326 g/mol. The van der Waals surface area contributed by atoms with Crippen LogP contribution >= 0.6 is 0 Å². The fourth-order valence-corrected chi connectivity index (χ4v) is 2.61. The Morgan fingerprint density at radius 3 is 2.23 bits per heavy atom. The number of carbonyl (C=O) groups excluding carboxylic acids is 2. The summed E-state index contributed by atoms with van der Waals surface area (Å²) in [4.78, 5) is 25.8. The van der Waals surface area contributed by atoms with Crippen LogP contribution in [-0.2, 0) is 9.59 Å². The fourth-order valence-electron chi connectivity index (χ4n) is 2.61. The number of nitrogens with one attached hydrogen (secondary N) is 2. The number of carbonyl (C=O) groups is 2. The molecule has 0 aliphatic carbocycles. The normalized spacial score (nSPS) is 11.8. The molecule has 2 aromatic carbocycles. The van der Waals surface area contributed by atoms with Crippen molar-refractivity contribution in [2.45, 2.75) is 19.8 Å². The lowest BCUT2D eigenvalue weighted by molar-refractivity contribution is -0.123. The smallest absolute Gasteiger partial charge is 0.238 e. The van der Waals surface area contributed by atoms with Crippen molar-refractivity contribution >= 4 is 17.5 Å². The molecule has 1 atom stereocenters. The molecular formula is C21H27N3O2. The van der Waals surface area contributed by atoms with Crippen molar-refractivity contribution in [2.24, 2.45) is 0 Å². The molecule has 2 N–H and O–H groups in total. The molecule has 0 saturated heterocycles. The number of hydrogen-bond acceptors (Lipinski definition) is 3. The van der Waals surface area contributed by atoms with Gasteiger partial charge in [0, 0.05) is 12.2 Å². The average molecular weight is 353 g/mol. The molecule has 2 amide bonds. The Hall–Kier alpha value is -2.66. The zero-order valence-corrected chi connectivity index (χ0v) is 15.7. The van der Waals surface area contributed by atoms with Crippen LogP contribution in [0, 0.1) is 6.92 Å². The van der Waals surface area contributed by atoms with Crippen molar-refractivity contribution in [3.05, 3.63) is 65.7 Å². The minimum Gasteiger partial charge on any atom is -0.354 e. The Kier molecular flexibility index (Phi) is 7.36. The topological polar surface area (TPSA) is 61.4 Å². The van der Waals surface area contributed by atoms with E-state index in [1.54, 1.807) is 11.9 Å². The summed E-state index contributed by atoms with van der Waals surface area (Å²) in [6.07, 6.45) is 0. The number of likely N-dealkylation sites (N-methyl/N-ethyl adjacent to an activating group) is 1. The summed E-state index contributed by atoms with van der Waals surface area (Å²) in [5.41, 5.74) is 3.09. The largest absolute Gasteiger partial charge is 0.354 e. The van der Waals surface area contributed by atoms with Gasteiger partial charge in [-0.1, -0.05) is 55.0 Å². The van der Waals surface area contributed by atoms with Gasteiger partial charge >= 0.3 is 0 Å². The predicted molar refractivity (Wildman–Crippen MR) is 105 cm³/mol. The average Bonchev–Trinajstić information content (AvgIpc) is 2.62. The highest BCUT2D eigenvalue weighted by Gasteiger charge is 2.12. The van der Waals surface area contributed by atoms with Crippen molar-refractivity contribution in [1.82, 2.24) is 10.2 Å². The molecule has 0 aliphatic rings. The van der Waals surface area contributed by atoms with Crippen molar-refractivity contribution in [1.29, 1.82) is 0 Å². The third-order valence-electron chi connectivity index (χ3n) is 4.14. The third kappa shape index (κ3) is 6.69. The van der Waals surface area contributed by atoms with Crippen LogP contribution in [0.5, 0.6) is 0 Å². The Bertz CT molecular complexity index is 714. The van der Waals surface area contributed by atoms with Gasteiger partial charge in [-0.05, 0) is 37.6 Å². The number of benzene rings is 2. The summed E-state index contributed by atoms with van der Waals surface area (Å²) in [5, 5.41) is 5.76. The molecule has 0 aliphatic heterocycles. The second-order valence-electron chi connectivity index (χ2n) is 6.70. The molecule has 0 fully saturated rings. The van der Waals surface area contributed by atoms with Crippen molar-refractivity contribution in [2.75, 3.05) is 32.0 Å². The summed E-state index contributed by atoms with van der Waals surface area (Å²) < 4.78 is 0. The first-order valence-corrected chi connectivity index (χ1v) is 8.80. The Morgan fingerprint density at radius 2 is 1.58 bits per heavy atom. The van der Waals surface area contributed by atoms with E-state index in [2.05, 4.69) is 29.7 Å². The van der Waals surface area contributed by atoms with Gasteiger partial charge in [-0.2, -0.15) is 0 Å². The first kappa shape index (κ1) is 19.7. The van der Waals surface area contributed by atoms with E-state index in [-0.39, 0.29) is 30.8 Å². The number of rotatable bonds is 8. The first-order valence-electron chi connectivity index (χ1n) is 8.80.